The largest absolute Gasteiger partial charge is 0.379 e. The van der Waals surface area contributed by atoms with Crippen LogP contribution in [-0.4, -0.2) is 52.9 Å². The maximum absolute atomic E-state index is 5.66. The third kappa shape index (κ3) is 10.1. The molecule has 6 heteroatoms. The molecule has 40 heavy (non-hydrogen) atoms. The zero-order valence-corrected chi connectivity index (χ0v) is 25.2. The average molecular weight is 577 g/mol. The van der Waals surface area contributed by atoms with Crippen LogP contribution in [0.25, 0.3) is 33.0 Å². The Morgan fingerprint density at radius 2 is 0.875 bits per heavy atom. The van der Waals surface area contributed by atoms with Crippen LogP contribution in [0, 0.1) is 0 Å². The molecule has 4 nitrogen and oxygen atoms in total. The Bertz CT molecular complexity index is 1170. The van der Waals surface area contributed by atoms with Crippen LogP contribution in [0.15, 0.2) is 72.8 Å². The van der Waals surface area contributed by atoms with Crippen molar-refractivity contribution in [2.75, 3.05) is 52.9 Å². The monoisotopic (exact) mass is 576 g/mol. The first-order valence-corrected chi connectivity index (χ1v) is 15.8. The van der Waals surface area contributed by atoms with Gasteiger partial charge in [0.05, 0.1) is 39.6 Å². The molecule has 0 saturated heterocycles. The van der Waals surface area contributed by atoms with E-state index in [1.807, 2.05) is 36.5 Å². The van der Waals surface area contributed by atoms with Crippen molar-refractivity contribution in [1.82, 2.24) is 0 Å². The summed E-state index contributed by atoms with van der Waals surface area (Å²) < 4.78 is 21.9. The Morgan fingerprint density at radius 1 is 0.475 bits per heavy atom. The van der Waals surface area contributed by atoms with E-state index in [4.69, 9.17) is 18.9 Å². The number of benzene rings is 2. The molecular formula is C34H40O4S2. The van der Waals surface area contributed by atoms with Gasteiger partial charge in [-0.2, -0.15) is 0 Å². The zero-order valence-electron chi connectivity index (χ0n) is 23.6. The Kier molecular flexibility index (Phi) is 13.1. The molecule has 4 rings (SSSR count). The predicted molar refractivity (Wildman–Crippen MR) is 170 cm³/mol. The van der Waals surface area contributed by atoms with Crippen molar-refractivity contribution in [3.63, 3.8) is 0 Å². The molecule has 0 N–H and O–H groups in total. The molecule has 2 aromatic carbocycles. The predicted octanol–water partition coefficient (Wildman–Crippen LogP) is 8.51. The number of hydrogen-bond acceptors (Lipinski definition) is 6. The normalized spacial score (nSPS) is 11.6. The second kappa shape index (κ2) is 17.3. The first-order valence-electron chi connectivity index (χ1n) is 14.1. The van der Waals surface area contributed by atoms with Crippen LogP contribution in [0.5, 0.6) is 0 Å². The second-order valence-electron chi connectivity index (χ2n) is 9.23. The minimum atomic E-state index is 0.660. The Morgan fingerprint density at radius 3 is 1.27 bits per heavy atom. The first-order chi connectivity index (χ1) is 19.7. The molecule has 4 aromatic rings. The van der Waals surface area contributed by atoms with Crippen LogP contribution in [0.1, 0.15) is 34.7 Å². The molecular weight excluding hydrogens is 537 g/mol. The lowest BCUT2D eigenvalue weighted by molar-refractivity contribution is 0.0543. The third-order valence-corrected chi connectivity index (χ3v) is 8.71. The second-order valence-corrected chi connectivity index (χ2v) is 11.6. The van der Waals surface area contributed by atoms with Gasteiger partial charge < -0.3 is 18.9 Å². The summed E-state index contributed by atoms with van der Waals surface area (Å²) in [7, 11) is 0. The molecule has 0 bridgehead atoms. The maximum atomic E-state index is 5.66. The quantitative estimate of drug-likeness (QED) is 0.0879. The zero-order chi connectivity index (χ0) is 27.8. The average Bonchev–Trinajstić information content (AvgIpc) is 3.66. The first kappa shape index (κ1) is 30.4. The smallest absolute Gasteiger partial charge is 0.0700 e. The molecule has 0 atom stereocenters. The van der Waals surface area contributed by atoms with Crippen LogP contribution in [0.3, 0.4) is 0 Å². The summed E-state index contributed by atoms with van der Waals surface area (Å²) in [6, 6.07) is 26.4. The molecule has 0 spiro atoms. The number of hydrogen-bond donors (Lipinski definition) is 0. The maximum Gasteiger partial charge on any atom is 0.0700 e. The van der Waals surface area contributed by atoms with Gasteiger partial charge in [-0.05, 0) is 60.4 Å². The minimum Gasteiger partial charge on any atom is -0.379 e. The molecule has 2 aromatic heterocycles. The van der Waals surface area contributed by atoms with Gasteiger partial charge in [-0.3, -0.25) is 0 Å². The van der Waals surface area contributed by atoms with E-state index in [1.54, 1.807) is 0 Å². The van der Waals surface area contributed by atoms with Gasteiger partial charge in [-0.1, -0.05) is 60.7 Å². The summed E-state index contributed by atoms with van der Waals surface area (Å²) in [5.41, 5.74) is 4.89. The minimum absolute atomic E-state index is 0.660. The highest BCUT2D eigenvalue weighted by atomic mass is 32.1. The van der Waals surface area contributed by atoms with E-state index in [2.05, 4.69) is 84.9 Å². The highest BCUT2D eigenvalue weighted by Crippen LogP contribution is 2.30. The number of ether oxygens (including phenoxy) is 4. The molecule has 212 valence electrons. The van der Waals surface area contributed by atoms with Gasteiger partial charge >= 0.3 is 0 Å². The molecule has 0 fully saturated rings. The summed E-state index contributed by atoms with van der Waals surface area (Å²) in [5.74, 6) is 0. The fourth-order valence-electron chi connectivity index (χ4n) is 4.12. The number of rotatable bonds is 18. The SMILES string of the molecule is CCOCCOCCc1ccc(-c2ccc(/C=C/c3ccc(-c4ccc(CCOCCOCC)s4)cc3)cc2)s1. The van der Waals surface area contributed by atoms with Gasteiger partial charge in [0.25, 0.3) is 0 Å². The van der Waals surface area contributed by atoms with Crippen LogP contribution in [0.4, 0.5) is 0 Å². The van der Waals surface area contributed by atoms with E-state index in [9.17, 15) is 0 Å². The topological polar surface area (TPSA) is 36.9 Å². The highest BCUT2D eigenvalue weighted by molar-refractivity contribution is 7.15. The van der Waals surface area contributed by atoms with Crippen molar-refractivity contribution >= 4 is 34.8 Å². The standard InChI is InChI=1S/C34H40O4S2/c1-3-35-23-25-37-21-19-31-15-17-33(39-31)29-11-7-27(8-12-29)5-6-28-9-13-30(14-10-28)34-18-16-32(40-34)20-22-38-26-24-36-4-2/h5-18H,3-4,19-26H2,1-2H3/b6-5+. The fraction of sp³-hybridized carbons (Fsp3) is 0.353. The van der Waals surface area contributed by atoms with Crippen molar-refractivity contribution in [2.24, 2.45) is 0 Å². The van der Waals surface area contributed by atoms with E-state index in [-0.39, 0.29) is 0 Å². The Balaban J connectivity index is 1.23. The van der Waals surface area contributed by atoms with E-state index >= 15 is 0 Å². The van der Waals surface area contributed by atoms with Gasteiger partial charge in [-0.15, -0.1) is 22.7 Å². The molecule has 0 aliphatic heterocycles. The molecule has 0 radical (unpaired) electrons. The Hall–Kier alpha value is -2.58. The van der Waals surface area contributed by atoms with Gasteiger partial charge in [0, 0.05) is 45.6 Å². The molecule has 0 amide bonds. The lowest BCUT2D eigenvalue weighted by Gasteiger charge is -2.03. The van der Waals surface area contributed by atoms with Crippen LogP contribution < -0.4 is 0 Å². The molecule has 0 aliphatic carbocycles. The van der Waals surface area contributed by atoms with E-state index in [0.717, 1.165) is 39.3 Å². The van der Waals surface area contributed by atoms with Crippen LogP contribution in [-0.2, 0) is 31.8 Å². The van der Waals surface area contributed by atoms with Crippen molar-refractivity contribution < 1.29 is 18.9 Å². The lowest BCUT2D eigenvalue weighted by Crippen LogP contribution is -2.05. The van der Waals surface area contributed by atoms with Crippen molar-refractivity contribution in [1.29, 1.82) is 0 Å². The summed E-state index contributed by atoms with van der Waals surface area (Å²) >= 11 is 3.68. The fourth-order valence-corrected chi connectivity index (χ4v) is 6.11. The Labute approximate surface area is 247 Å². The third-order valence-electron chi connectivity index (χ3n) is 6.32. The lowest BCUT2D eigenvalue weighted by atomic mass is 10.1. The van der Waals surface area contributed by atoms with Crippen molar-refractivity contribution in [3.8, 4) is 20.9 Å². The molecule has 0 saturated carbocycles. The highest BCUT2D eigenvalue weighted by Gasteiger charge is 2.05. The van der Waals surface area contributed by atoms with Crippen molar-refractivity contribution in [2.45, 2.75) is 26.7 Å². The van der Waals surface area contributed by atoms with Crippen LogP contribution >= 0.6 is 22.7 Å². The van der Waals surface area contributed by atoms with Gasteiger partial charge in [-0.25, -0.2) is 0 Å². The van der Waals surface area contributed by atoms with Crippen LogP contribution in [0.2, 0.25) is 0 Å². The molecule has 2 heterocycles. The summed E-state index contributed by atoms with van der Waals surface area (Å²) in [5, 5.41) is 0. The van der Waals surface area contributed by atoms with Gasteiger partial charge in [0.15, 0.2) is 0 Å². The van der Waals surface area contributed by atoms with Crippen molar-refractivity contribution in [3.05, 3.63) is 93.7 Å². The molecule has 0 unspecified atom stereocenters. The summed E-state index contributed by atoms with van der Waals surface area (Å²) in [6.45, 7) is 9.61. The summed E-state index contributed by atoms with van der Waals surface area (Å²) in [4.78, 5) is 5.28. The van der Waals surface area contributed by atoms with Gasteiger partial charge in [0.1, 0.15) is 0 Å². The van der Waals surface area contributed by atoms with E-state index < -0.39 is 0 Å². The van der Waals surface area contributed by atoms with E-state index in [1.165, 1.54) is 41.8 Å². The number of thiophene rings is 2. The van der Waals surface area contributed by atoms with Gasteiger partial charge in [0.2, 0.25) is 0 Å². The molecule has 0 aliphatic rings. The summed E-state index contributed by atoms with van der Waals surface area (Å²) in [6.07, 6.45) is 6.23. The van der Waals surface area contributed by atoms with E-state index in [0.29, 0.717) is 26.4 Å².